The van der Waals surface area contributed by atoms with Crippen LogP contribution in [0.25, 0.3) is 27.8 Å². The lowest BCUT2D eigenvalue weighted by molar-refractivity contribution is -0.116. The van der Waals surface area contributed by atoms with Crippen LogP contribution in [-0.2, 0) is 4.79 Å². The molecule has 0 amide bonds. The number of benzene rings is 2. The molecule has 4 aromatic rings. The van der Waals surface area contributed by atoms with Crippen LogP contribution in [0.1, 0.15) is 20.3 Å². The molecule has 0 N–H and O–H groups in total. The first-order chi connectivity index (χ1) is 14.0. The molecule has 0 aliphatic rings. The summed E-state index contributed by atoms with van der Waals surface area (Å²) in [5.41, 5.74) is 4.09. The summed E-state index contributed by atoms with van der Waals surface area (Å²) in [6.07, 6.45) is 4.25. The second-order valence-corrected chi connectivity index (χ2v) is 9.31. The highest BCUT2D eigenvalue weighted by Crippen LogP contribution is 2.38. The zero-order valence-electron chi connectivity index (χ0n) is 16.2. The van der Waals surface area contributed by atoms with Crippen LogP contribution >= 0.6 is 27.7 Å². The molecule has 0 aliphatic carbocycles. The van der Waals surface area contributed by atoms with Gasteiger partial charge in [0.25, 0.3) is 0 Å². The van der Waals surface area contributed by atoms with Gasteiger partial charge in [-0.25, -0.2) is 9.97 Å². The van der Waals surface area contributed by atoms with Crippen LogP contribution in [0.5, 0.6) is 0 Å². The quantitative estimate of drug-likeness (QED) is 0.247. The number of carbonyl (C=O) groups is 1. The summed E-state index contributed by atoms with van der Waals surface area (Å²) < 4.78 is 3.14. The minimum absolute atomic E-state index is 0.144. The Kier molecular flexibility index (Phi) is 5.83. The number of Topliss-reactive ketones (excluding diaryl/α,β-unsaturated/α-hetero) is 1. The fraction of sp³-hybridized carbons (Fsp3) is 0.174. The molecule has 0 radical (unpaired) electrons. The van der Waals surface area contributed by atoms with Gasteiger partial charge in [-0.2, -0.15) is 0 Å². The van der Waals surface area contributed by atoms with E-state index in [0.717, 1.165) is 37.3 Å². The van der Waals surface area contributed by atoms with Crippen LogP contribution in [0.15, 0.2) is 76.6 Å². The van der Waals surface area contributed by atoms with Crippen LogP contribution in [0.4, 0.5) is 0 Å². The third-order valence-corrected chi connectivity index (χ3v) is 6.26. The lowest BCUT2D eigenvalue weighted by Gasteiger charge is -2.10. The number of rotatable bonds is 6. The topological polar surface area (TPSA) is 47.8 Å². The van der Waals surface area contributed by atoms with Crippen LogP contribution in [0.3, 0.4) is 0 Å². The maximum absolute atomic E-state index is 11.6. The van der Waals surface area contributed by atoms with E-state index in [-0.39, 0.29) is 11.0 Å². The van der Waals surface area contributed by atoms with E-state index in [1.807, 2.05) is 30.3 Å². The monoisotopic (exact) mass is 465 g/mol. The average Bonchev–Trinajstić information content (AvgIpc) is 3.09. The molecule has 0 spiro atoms. The summed E-state index contributed by atoms with van der Waals surface area (Å²) >= 11 is 5.13. The molecule has 0 saturated carbocycles. The molecule has 1 atom stereocenters. The van der Waals surface area contributed by atoms with Crippen molar-refractivity contribution < 1.29 is 4.79 Å². The number of aromatic nitrogens is 3. The first-order valence-corrected chi connectivity index (χ1v) is 11.0. The number of ketones is 1. The zero-order chi connectivity index (χ0) is 20.4. The molecule has 2 heterocycles. The van der Waals surface area contributed by atoms with Crippen molar-refractivity contribution in [1.29, 1.82) is 0 Å². The summed E-state index contributed by atoms with van der Waals surface area (Å²) in [4.78, 5) is 20.8. The Morgan fingerprint density at radius 2 is 1.83 bits per heavy atom. The van der Waals surface area contributed by atoms with E-state index in [1.165, 1.54) is 0 Å². The SMILES string of the molecule is CC(=O)C[C@H](C)Sc1ncnc2c1c(-c1ccccc1)cn2-c1ccc(Br)cc1. The van der Waals surface area contributed by atoms with Crippen molar-refractivity contribution in [2.24, 2.45) is 0 Å². The van der Waals surface area contributed by atoms with Crippen molar-refractivity contribution in [2.75, 3.05) is 0 Å². The molecule has 4 nitrogen and oxygen atoms in total. The second kappa shape index (κ2) is 8.51. The van der Waals surface area contributed by atoms with Crippen molar-refractivity contribution in [3.8, 4) is 16.8 Å². The summed E-state index contributed by atoms with van der Waals surface area (Å²) in [6, 6.07) is 18.4. The molecule has 4 rings (SSSR count). The Morgan fingerprint density at radius 3 is 2.52 bits per heavy atom. The van der Waals surface area contributed by atoms with Gasteiger partial charge in [0.05, 0.1) is 5.39 Å². The lowest BCUT2D eigenvalue weighted by Crippen LogP contribution is -2.04. The summed E-state index contributed by atoms with van der Waals surface area (Å²) in [5, 5.41) is 2.06. The van der Waals surface area contributed by atoms with Gasteiger partial charge in [-0.05, 0) is 36.8 Å². The number of fused-ring (bicyclic) bond motifs is 1. The number of hydrogen-bond acceptors (Lipinski definition) is 4. The third kappa shape index (κ3) is 4.28. The predicted octanol–water partition coefficient (Wildman–Crippen LogP) is 6.31. The maximum atomic E-state index is 11.6. The highest BCUT2D eigenvalue weighted by atomic mass is 79.9. The molecule has 0 unspecified atom stereocenters. The molecule has 2 aromatic carbocycles. The van der Waals surface area contributed by atoms with Gasteiger partial charge in [-0.1, -0.05) is 53.2 Å². The molecule has 0 saturated heterocycles. The van der Waals surface area contributed by atoms with E-state index >= 15 is 0 Å². The summed E-state index contributed by atoms with van der Waals surface area (Å²) in [5.74, 6) is 0.186. The molecule has 0 bridgehead atoms. The van der Waals surface area contributed by atoms with Crippen molar-refractivity contribution in [2.45, 2.75) is 30.5 Å². The summed E-state index contributed by atoms with van der Waals surface area (Å²) in [6.45, 7) is 3.69. The molecule has 0 fully saturated rings. The fourth-order valence-electron chi connectivity index (χ4n) is 3.40. The largest absolute Gasteiger partial charge is 0.301 e. The number of nitrogens with zero attached hydrogens (tertiary/aromatic N) is 3. The minimum Gasteiger partial charge on any atom is -0.301 e. The normalized spacial score (nSPS) is 12.2. The summed E-state index contributed by atoms with van der Waals surface area (Å²) in [7, 11) is 0. The predicted molar refractivity (Wildman–Crippen MR) is 123 cm³/mol. The van der Waals surface area contributed by atoms with E-state index in [4.69, 9.17) is 0 Å². The Morgan fingerprint density at radius 1 is 1.10 bits per heavy atom. The highest BCUT2D eigenvalue weighted by Gasteiger charge is 2.19. The zero-order valence-corrected chi connectivity index (χ0v) is 18.6. The van der Waals surface area contributed by atoms with Crippen LogP contribution in [0, 0.1) is 0 Å². The van der Waals surface area contributed by atoms with E-state index in [9.17, 15) is 4.79 Å². The maximum Gasteiger partial charge on any atom is 0.149 e. The van der Waals surface area contributed by atoms with Crippen LogP contribution in [-0.4, -0.2) is 25.6 Å². The van der Waals surface area contributed by atoms with Crippen molar-refractivity contribution in [1.82, 2.24) is 14.5 Å². The van der Waals surface area contributed by atoms with Gasteiger partial charge < -0.3 is 4.57 Å². The van der Waals surface area contributed by atoms with Crippen LogP contribution < -0.4 is 0 Å². The van der Waals surface area contributed by atoms with E-state index < -0.39 is 0 Å². The lowest BCUT2D eigenvalue weighted by atomic mass is 10.1. The van der Waals surface area contributed by atoms with E-state index in [0.29, 0.717) is 6.42 Å². The van der Waals surface area contributed by atoms with Gasteiger partial charge in [0.15, 0.2) is 0 Å². The van der Waals surface area contributed by atoms with Gasteiger partial charge in [-0.15, -0.1) is 11.8 Å². The molecular weight excluding hydrogens is 446 g/mol. The fourth-order valence-corrected chi connectivity index (χ4v) is 4.79. The van der Waals surface area contributed by atoms with Gasteiger partial charge in [0, 0.05) is 33.6 Å². The third-order valence-electron chi connectivity index (χ3n) is 4.63. The average molecular weight is 466 g/mol. The Bertz CT molecular complexity index is 1160. The van der Waals surface area contributed by atoms with Gasteiger partial charge in [-0.3, -0.25) is 4.79 Å². The number of carbonyl (C=O) groups excluding carboxylic acids is 1. The van der Waals surface area contributed by atoms with Gasteiger partial charge in [0.1, 0.15) is 22.8 Å². The Labute approximate surface area is 182 Å². The Balaban J connectivity index is 1.91. The first kappa shape index (κ1) is 19.9. The van der Waals surface area contributed by atoms with Crippen molar-refractivity contribution in [3.63, 3.8) is 0 Å². The van der Waals surface area contributed by atoms with E-state index in [1.54, 1.807) is 25.0 Å². The smallest absolute Gasteiger partial charge is 0.149 e. The second-order valence-electron chi connectivity index (χ2n) is 6.97. The van der Waals surface area contributed by atoms with Crippen molar-refractivity contribution in [3.05, 3.63) is 71.6 Å². The molecule has 2 aromatic heterocycles. The molecule has 6 heteroatoms. The number of halogens is 1. The Hall–Kier alpha value is -2.44. The van der Waals surface area contributed by atoms with Gasteiger partial charge in [0.2, 0.25) is 0 Å². The van der Waals surface area contributed by atoms with Gasteiger partial charge >= 0.3 is 0 Å². The van der Waals surface area contributed by atoms with Crippen LogP contribution in [0.2, 0.25) is 0 Å². The molecule has 29 heavy (non-hydrogen) atoms. The minimum atomic E-state index is 0.144. The number of thioether (sulfide) groups is 1. The molecular formula is C23H20BrN3OS. The first-order valence-electron chi connectivity index (χ1n) is 9.36. The number of hydrogen-bond donors (Lipinski definition) is 0. The van der Waals surface area contributed by atoms with Crippen molar-refractivity contribution >= 4 is 44.5 Å². The highest BCUT2D eigenvalue weighted by molar-refractivity contribution is 9.10. The standard InChI is InChI=1S/C23H20BrN3OS/c1-15(28)12-16(2)29-23-21-20(17-6-4-3-5-7-17)13-27(22(21)25-14-26-23)19-10-8-18(24)9-11-19/h3-11,13-14,16H,12H2,1-2H3/t16-/m0/s1. The molecule has 0 aliphatic heterocycles. The molecule has 146 valence electrons. The van der Waals surface area contributed by atoms with E-state index in [2.05, 4.69) is 67.9 Å².